The van der Waals surface area contributed by atoms with Crippen molar-refractivity contribution in [3.05, 3.63) is 12.0 Å². The van der Waals surface area contributed by atoms with Gasteiger partial charge in [0, 0.05) is 0 Å². The molecule has 0 aromatic rings. The van der Waals surface area contributed by atoms with Crippen molar-refractivity contribution in [1.82, 2.24) is 10.1 Å². The summed E-state index contributed by atoms with van der Waals surface area (Å²) < 4.78 is 38.0. The zero-order valence-electron chi connectivity index (χ0n) is 5.59. The predicted molar refractivity (Wildman–Crippen MR) is 31.2 cm³/mol. The molecular formula is C5H5F3N2O+. The fraction of sp³-hybridized carbons (Fsp3) is 0.400. The fourth-order valence-corrected chi connectivity index (χ4v) is 0.585. The van der Waals surface area contributed by atoms with Crippen LogP contribution in [-0.4, -0.2) is 24.6 Å². The van der Waals surface area contributed by atoms with Gasteiger partial charge in [-0.05, 0) is 0 Å². The number of allylic oxidation sites excluding steroid dienone is 1. The molecule has 0 N–H and O–H groups in total. The van der Waals surface area contributed by atoms with Crippen molar-refractivity contribution in [2.24, 2.45) is 0 Å². The van der Waals surface area contributed by atoms with E-state index in [9.17, 15) is 13.2 Å². The Morgan fingerprint density at radius 1 is 1.55 bits per heavy atom. The quantitative estimate of drug-likeness (QED) is 0.571. The Bertz CT molecular complexity index is 208. The number of alkyl halides is 3. The van der Waals surface area contributed by atoms with Crippen LogP contribution in [0.3, 0.4) is 0 Å². The van der Waals surface area contributed by atoms with Crippen molar-refractivity contribution in [3.8, 4) is 0 Å². The second kappa shape index (κ2) is 2.44. The largest absolute Gasteiger partial charge is 0.573 e. The number of rotatable bonds is 1. The molecule has 0 aromatic heterocycles. The Morgan fingerprint density at radius 2 is 2.18 bits per heavy atom. The van der Waals surface area contributed by atoms with Gasteiger partial charge in [0.25, 0.3) is 0 Å². The van der Waals surface area contributed by atoms with Crippen LogP contribution in [0.2, 0.25) is 0 Å². The van der Waals surface area contributed by atoms with Crippen LogP contribution in [-0.2, 0) is 4.74 Å². The Hall–Kier alpha value is -1.20. The van der Waals surface area contributed by atoms with Crippen LogP contribution < -0.4 is 5.10 Å². The predicted octanol–water partition coefficient (Wildman–Crippen LogP) is 0.631. The van der Waals surface area contributed by atoms with Crippen LogP contribution in [0.5, 0.6) is 0 Å². The molecule has 1 aliphatic rings. The Morgan fingerprint density at radius 3 is 2.55 bits per heavy atom. The highest BCUT2D eigenvalue weighted by molar-refractivity contribution is 5.76. The lowest BCUT2D eigenvalue weighted by atomic mass is 10.6. The zero-order chi connectivity index (χ0) is 8.48. The van der Waals surface area contributed by atoms with Crippen molar-refractivity contribution in [1.29, 1.82) is 0 Å². The lowest BCUT2D eigenvalue weighted by Crippen LogP contribution is -2.12. The molecule has 0 unspecified atom stereocenters. The van der Waals surface area contributed by atoms with E-state index in [4.69, 9.17) is 0 Å². The molecule has 0 fully saturated rings. The maximum Gasteiger partial charge on any atom is 0.573 e. The lowest BCUT2D eigenvalue weighted by Gasteiger charge is -2.03. The van der Waals surface area contributed by atoms with E-state index in [1.54, 1.807) is 0 Å². The molecule has 1 aliphatic heterocycles. The van der Waals surface area contributed by atoms with Crippen molar-refractivity contribution >= 4 is 6.21 Å². The molecule has 1 heterocycles. The third-order valence-corrected chi connectivity index (χ3v) is 0.915. The molecule has 11 heavy (non-hydrogen) atoms. The van der Waals surface area contributed by atoms with Gasteiger partial charge in [-0.3, -0.25) is 0 Å². The van der Waals surface area contributed by atoms with Gasteiger partial charge in [0.05, 0.1) is 7.05 Å². The number of ether oxygens (including phenoxy) is 1. The Balaban J connectivity index is 2.53. The van der Waals surface area contributed by atoms with Gasteiger partial charge in [0.1, 0.15) is 6.20 Å². The first-order chi connectivity index (χ1) is 4.97. The molecule has 0 aliphatic carbocycles. The van der Waals surface area contributed by atoms with Gasteiger partial charge in [-0.15, -0.1) is 13.2 Å². The number of halogens is 3. The van der Waals surface area contributed by atoms with Gasteiger partial charge >= 0.3 is 12.6 Å². The van der Waals surface area contributed by atoms with Gasteiger partial charge in [0.2, 0.25) is 5.76 Å². The standard InChI is InChI=1S/C5H5F3N2O/c1-10-3-4(2-9-10)11-5(6,7)8/h2-3H,1H3/q+1. The number of hydrogen-bond donors (Lipinski definition) is 0. The monoisotopic (exact) mass is 166 g/mol. The first-order valence-corrected chi connectivity index (χ1v) is 2.72. The van der Waals surface area contributed by atoms with Crippen molar-refractivity contribution in [3.63, 3.8) is 0 Å². The average molecular weight is 166 g/mol. The fourth-order valence-electron chi connectivity index (χ4n) is 0.585. The zero-order valence-corrected chi connectivity index (χ0v) is 5.59. The summed E-state index contributed by atoms with van der Waals surface area (Å²) in [5.74, 6) is -0.306. The molecule has 61 valence electrons. The van der Waals surface area contributed by atoms with Gasteiger partial charge in [-0.2, -0.15) is 0 Å². The van der Waals surface area contributed by atoms with Crippen molar-refractivity contribution in [2.45, 2.75) is 6.36 Å². The van der Waals surface area contributed by atoms with Crippen molar-refractivity contribution in [2.75, 3.05) is 7.05 Å². The van der Waals surface area contributed by atoms with E-state index in [1.165, 1.54) is 12.1 Å². The first-order valence-electron chi connectivity index (χ1n) is 2.72. The highest BCUT2D eigenvalue weighted by Crippen LogP contribution is 2.20. The van der Waals surface area contributed by atoms with E-state index in [-0.39, 0.29) is 5.76 Å². The van der Waals surface area contributed by atoms with Gasteiger partial charge < -0.3 is 4.74 Å². The minimum Gasteiger partial charge on any atom is -0.397 e. The maximum atomic E-state index is 11.5. The van der Waals surface area contributed by atoms with E-state index in [1.807, 2.05) is 0 Å². The normalized spacial score (nSPS) is 17.1. The van der Waals surface area contributed by atoms with Crippen LogP contribution in [0.25, 0.3) is 0 Å². The second-order valence-corrected chi connectivity index (χ2v) is 1.90. The summed E-state index contributed by atoms with van der Waals surface area (Å²) in [4.78, 5) is 0. The summed E-state index contributed by atoms with van der Waals surface area (Å²) in [6.45, 7) is 0. The molecule has 0 amide bonds. The van der Waals surface area contributed by atoms with Gasteiger partial charge in [-0.1, -0.05) is 5.01 Å². The molecule has 0 saturated heterocycles. The Labute approximate surface area is 60.7 Å². The van der Waals surface area contributed by atoms with Gasteiger partial charge in [0.15, 0.2) is 5.10 Å². The van der Waals surface area contributed by atoms with Crippen LogP contribution in [0.4, 0.5) is 13.2 Å². The van der Waals surface area contributed by atoms with Gasteiger partial charge in [-0.25, -0.2) is 0 Å². The summed E-state index contributed by atoms with van der Waals surface area (Å²) in [6.07, 6.45) is -2.51. The number of nitrogens with zero attached hydrogens (tertiary/aromatic N) is 2. The molecule has 6 heteroatoms. The molecule has 1 radical (unpaired) electrons. The first kappa shape index (κ1) is 7.90. The molecular weight excluding hydrogens is 161 g/mol. The van der Waals surface area contributed by atoms with E-state index >= 15 is 0 Å². The van der Waals surface area contributed by atoms with Crippen LogP contribution in [0.15, 0.2) is 12.0 Å². The third kappa shape index (κ3) is 2.48. The highest BCUT2D eigenvalue weighted by Gasteiger charge is 2.34. The van der Waals surface area contributed by atoms with Crippen LogP contribution >= 0.6 is 0 Å². The van der Waals surface area contributed by atoms with Crippen LogP contribution in [0.1, 0.15) is 0 Å². The average Bonchev–Trinajstić information content (AvgIpc) is 2.10. The molecule has 0 bridgehead atoms. The molecule has 0 atom stereocenters. The topological polar surface area (TPSA) is 26.6 Å². The summed E-state index contributed by atoms with van der Waals surface area (Å²) in [7, 11) is 1.50. The highest BCUT2D eigenvalue weighted by atomic mass is 19.4. The number of hydrazone groups is 1. The SMILES string of the molecule is CN1C=C(OC(F)(F)F)C=[N+]1. The second-order valence-electron chi connectivity index (χ2n) is 1.90. The molecule has 0 spiro atoms. The lowest BCUT2D eigenvalue weighted by molar-refractivity contribution is -0.301. The summed E-state index contributed by atoms with van der Waals surface area (Å²) in [5, 5.41) is 4.72. The minimum absolute atomic E-state index is 0.306. The van der Waals surface area contributed by atoms with E-state index < -0.39 is 6.36 Å². The molecule has 1 rings (SSSR count). The molecule has 3 nitrogen and oxygen atoms in total. The van der Waals surface area contributed by atoms with Crippen LogP contribution in [0, 0.1) is 0 Å². The third-order valence-electron chi connectivity index (χ3n) is 0.915. The summed E-state index contributed by atoms with van der Waals surface area (Å²) in [5.41, 5.74) is 0. The van der Waals surface area contributed by atoms with E-state index in [0.29, 0.717) is 0 Å². The minimum atomic E-state index is -4.64. The maximum absolute atomic E-state index is 11.5. The summed E-state index contributed by atoms with van der Waals surface area (Å²) >= 11 is 0. The molecule has 0 saturated carbocycles. The summed E-state index contributed by atoms with van der Waals surface area (Å²) in [6, 6.07) is 0. The number of hydrogen-bond acceptors (Lipinski definition) is 3. The molecule has 0 aromatic carbocycles. The Kier molecular flexibility index (Phi) is 1.76. The van der Waals surface area contributed by atoms with E-state index in [2.05, 4.69) is 9.84 Å². The van der Waals surface area contributed by atoms with E-state index in [0.717, 1.165) is 12.4 Å². The smallest absolute Gasteiger partial charge is 0.397 e. The van der Waals surface area contributed by atoms with Crippen molar-refractivity contribution < 1.29 is 17.9 Å².